The molecule has 1 amide bonds. The Kier molecular flexibility index (Phi) is 4.99. The fourth-order valence-corrected chi connectivity index (χ4v) is 3.97. The van der Waals surface area contributed by atoms with Crippen LogP contribution >= 0.6 is 0 Å². The van der Waals surface area contributed by atoms with Gasteiger partial charge in [-0.25, -0.2) is 0 Å². The van der Waals surface area contributed by atoms with Crippen molar-refractivity contribution in [2.24, 2.45) is 17.1 Å². The van der Waals surface area contributed by atoms with Gasteiger partial charge in [0.2, 0.25) is 5.91 Å². The minimum absolute atomic E-state index is 0.104. The third-order valence-electron chi connectivity index (χ3n) is 5.71. The van der Waals surface area contributed by atoms with Crippen molar-refractivity contribution >= 4 is 5.91 Å². The summed E-state index contributed by atoms with van der Waals surface area (Å²) in [6.45, 7) is 10.8. The van der Waals surface area contributed by atoms with Crippen LogP contribution in [-0.2, 0) is 9.53 Å². The van der Waals surface area contributed by atoms with Gasteiger partial charge in [-0.1, -0.05) is 27.2 Å². The van der Waals surface area contributed by atoms with Gasteiger partial charge in [0, 0.05) is 31.5 Å². The molecule has 4 heteroatoms. The fraction of sp³-hybridized carbons (Fsp3) is 0.941. The first-order chi connectivity index (χ1) is 9.86. The van der Waals surface area contributed by atoms with E-state index in [1.165, 1.54) is 19.3 Å². The van der Waals surface area contributed by atoms with Crippen LogP contribution in [0.1, 0.15) is 59.8 Å². The van der Waals surface area contributed by atoms with Gasteiger partial charge in [-0.15, -0.1) is 0 Å². The van der Waals surface area contributed by atoms with E-state index in [-0.39, 0.29) is 17.4 Å². The maximum absolute atomic E-state index is 13.0. The number of nitrogens with two attached hydrogens (primary N) is 1. The Labute approximate surface area is 129 Å². The second-order valence-corrected chi connectivity index (χ2v) is 7.39. The number of likely N-dealkylation sites (tertiary alicyclic amines) is 1. The Morgan fingerprint density at radius 3 is 2.67 bits per heavy atom. The zero-order valence-electron chi connectivity index (χ0n) is 14.2. The SMILES string of the molecule is CCCC1CCCN(C(=O)C2(N)CC(OCC)C2(C)C)C1. The molecule has 4 nitrogen and oxygen atoms in total. The summed E-state index contributed by atoms with van der Waals surface area (Å²) >= 11 is 0. The number of nitrogens with zero attached hydrogens (tertiary/aromatic N) is 1. The molecule has 122 valence electrons. The summed E-state index contributed by atoms with van der Waals surface area (Å²) < 4.78 is 5.73. The number of hydrogen-bond donors (Lipinski definition) is 1. The van der Waals surface area contributed by atoms with E-state index >= 15 is 0 Å². The molecule has 1 heterocycles. The summed E-state index contributed by atoms with van der Waals surface area (Å²) in [5.74, 6) is 0.798. The smallest absolute Gasteiger partial charge is 0.243 e. The van der Waals surface area contributed by atoms with Crippen LogP contribution in [0.15, 0.2) is 0 Å². The van der Waals surface area contributed by atoms with Crippen LogP contribution in [0.5, 0.6) is 0 Å². The number of amides is 1. The standard InChI is InChI=1S/C17H32N2O2/c1-5-8-13-9-7-10-19(12-13)15(20)17(18)11-14(21-6-2)16(17,3)4/h13-14H,5-12,18H2,1-4H3. The molecule has 1 aliphatic heterocycles. The van der Waals surface area contributed by atoms with Gasteiger partial charge in [0.15, 0.2) is 0 Å². The van der Waals surface area contributed by atoms with E-state index in [0.717, 1.165) is 19.5 Å². The van der Waals surface area contributed by atoms with Crippen LogP contribution in [0.3, 0.4) is 0 Å². The Hall–Kier alpha value is -0.610. The predicted octanol–water partition coefficient (Wildman–Crippen LogP) is 2.56. The molecule has 3 unspecified atom stereocenters. The van der Waals surface area contributed by atoms with Gasteiger partial charge in [0.1, 0.15) is 5.54 Å². The normalized spacial score (nSPS) is 35.4. The van der Waals surface area contributed by atoms with Gasteiger partial charge in [-0.05, 0) is 32.1 Å². The highest BCUT2D eigenvalue weighted by molar-refractivity contribution is 5.89. The Morgan fingerprint density at radius 2 is 2.10 bits per heavy atom. The van der Waals surface area contributed by atoms with Crippen molar-refractivity contribution in [3.8, 4) is 0 Å². The topological polar surface area (TPSA) is 55.6 Å². The number of piperidine rings is 1. The van der Waals surface area contributed by atoms with Crippen LogP contribution in [0, 0.1) is 11.3 Å². The van der Waals surface area contributed by atoms with E-state index in [9.17, 15) is 4.79 Å². The molecule has 0 radical (unpaired) electrons. The van der Waals surface area contributed by atoms with Crippen LogP contribution in [-0.4, -0.2) is 42.1 Å². The Bertz CT molecular complexity index is 381. The summed E-state index contributed by atoms with van der Waals surface area (Å²) in [4.78, 5) is 15.0. The van der Waals surface area contributed by atoms with Gasteiger partial charge in [-0.3, -0.25) is 4.79 Å². The van der Waals surface area contributed by atoms with E-state index in [0.29, 0.717) is 18.9 Å². The summed E-state index contributed by atoms with van der Waals surface area (Å²) in [7, 11) is 0. The summed E-state index contributed by atoms with van der Waals surface area (Å²) in [5, 5.41) is 0. The lowest BCUT2D eigenvalue weighted by atomic mass is 9.54. The predicted molar refractivity (Wildman–Crippen MR) is 84.9 cm³/mol. The third-order valence-corrected chi connectivity index (χ3v) is 5.71. The van der Waals surface area contributed by atoms with Gasteiger partial charge in [0.05, 0.1) is 6.10 Å². The van der Waals surface area contributed by atoms with Crippen LogP contribution in [0.4, 0.5) is 0 Å². The molecule has 0 aromatic carbocycles. The van der Waals surface area contributed by atoms with Crippen molar-refractivity contribution in [1.82, 2.24) is 4.90 Å². The quantitative estimate of drug-likeness (QED) is 0.848. The lowest BCUT2D eigenvalue weighted by molar-refractivity contribution is -0.180. The lowest BCUT2D eigenvalue weighted by Crippen LogP contribution is -2.76. The van der Waals surface area contributed by atoms with Crippen molar-refractivity contribution in [2.75, 3.05) is 19.7 Å². The zero-order chi connectivity index (χ0) is 15.7. The number of carbonyl (C=O) groups is 1. The van der Waals surface area contributed by atoms with E-state index < -0.39 is 5.54 Å². The maximum atomic E-state index is 13.0. The highest BCUT2D eigenvalue weighted by Crippen LogP contribution is 2.50. The van der Waals surface area contributed by atoms with Crippen molar-refractivity contribution in [2.45, 2.75) is 71.4 Å². The van der Waals surface area contributed by atoms with Gasteiger partial charge < -0.3 is 15.4 Å². The number of ether oxygens (including phenoxy) is 1. The monoisotopic (exact) mass is 296 g/mol. The van der Waals surface area contributed by atoms with E-state index in [4.69, 9.17) is 10.5 Å². The summed E-state index contributed by atoms with van der Waals surface area (Å²) in [5.41, 5.74) is 5.49. The van der Waals surface area contributed by atoms with Gasteiger partial charge in [0.25, 0.3) is 0 Å². The lowest BCUT2D eigenvalue weighted by Gasteiger charge is -2.59. The molecule has 2 aliphatic rings. The first-order valence-electron chi connectivity index (χ1n) is 8.56. The highest BCUT2D eigenvalue weighted by atomic mass is 16.5. The molecule has 0 bridgehead atoms. The minimum atomic E-state index is -0.749. The summed E-state index contributed by atoms with van der Waals surface area (Å²) in [6, 6.07) is 0. The maximum Gasteiger partial charge on any atom is 0.243 e. The molecule has 1 saturated carbocycles. The zero-order valence-corrected chi connectivity index (χ0v) is 14.2. The molecule has 2 rings (SSSR count). The molecule has 0 spiro atoms. The average molecular weight is 296 g/mol. The largest absolute Gasteiger partial charge is 0.378 e. The van der Waals surface area contributed by atoms with Crippen molar-refractivity contribution in [1.29, 1.82) is 0 Å². The van der Waals surface area contributed by atoms with E-state index in [1.807, 2.05) is 11.8 Å². The van der Waals surface area contributed by atoms with Gasteiger partial charge in [-0.2, -0.15) is 0 Å². The van der Waals surface area contributed by atoms with Crippen molar-refractivity contribution in [3.05, 3.63) is 0 Å². The average Bonchev–Trinajstić information content (AvgIpc) is 2.46. The molecule has 3 atom stereocenters. The Morgan fingerprint density at radius 1 is 1.38 bits per heavy atom. The minimum Gasteiger partial charge on any atom is -0.378 e. The molecule has 2 fully saturated rings. The second kappa shape index (κ2) is 6.25. The molecule has 1 saturated heterocycles. The second-order valence-electron chi connectivity index (χ2n) is 7.39. The Balaban J connectivity index is 2.02. The molecular formula is C17H32N2O2. The van der Waals surface area contributed by atoms with Crippen LogP contribution in [0.25, 0.3) is 0 Å². The molecule has 2 N–H and O–H groups in total. The van der Waals surface area contributed by atoms with Gasteiger partial charge >= 0.3 is 0 Å². The molecular weight excluding hydrogens is 264 g/mol. The molecule has 0 aromatic rings. The number of rotatable bonds is 5. The van der Waals surface area contributed by atoms with Crippen LogP contribution in [0.2, 0.25) is 0 Å². The molecule has 1 aliphatic carbocycles. The number of carbonyl (C=O) groups excluding carboxylic acids is 1. The fourth-order valence-electron chi connectivity index (χ4n) is 3.97. The number of hydrogen-bond acceptors (Lipinski definition) is 3. The molecule has 21 heavy (non-hydrogen) atoms. The van der Waals surface area contributed by atoms with Crippen molar-refractivity contribution in [3.63, 3.8) is 0 Å². The van der Waals surface area contributed by atoms with Crippen LogP contribution < -0.4 is 5.73 Å². The highest BCUT2D eigenvalue weighted by Gasteiger charge is 2.63. The van der Waals surface area contributed by atoms with E-state index in [2.05, 4.69) is 20.8 Å². The van der Waals surface area contributed by atoms with E-state index in [1.54, 1.807) is 0 Å². The first-order valence-corrected chi connectivity index (χ1v) is 8.56. The molecule has 0 aromatic heterocycles. The first kappa shape index (κ1) is 16.8. The third kappa shape index (κ3) is 2.85. The van der Waals surface area contributed by atoms with Crippen molar-refractivity contribution < 1.29 is 9.53 Å². The summed E-state index contributed by atoms with van der Waals surface area (Å²) in [6.07, 6.45) is 5.53.